The molecule has 0 spiro atoms. The van der Waals surface area contributed by atoms with Crippen molar-refractivity contribution in [3.8, 4) is 0 Å². The zero-order valence-corrected chi connectivity index (χ0v) is 12.8. The molecule has 1 aliphatic rings. The predicted octanol–water partition coefficient (Wildman–Crippen LogP) is 2.54. The lowest BCUT2D eigenvalue weighted by Gasteiger charge is -2.39. The van der Waals surface area contributed by atoms with Crippen LogP contribution in [0.2, 0.25) is 0 Å². The van der Waals surface area contributed by atoms with E-state index in [1.54, 1.807) is 13.8 Å². The molecule has 1 aliphatic heterocycles. The summed E-state index contributed by atoms with van der Waals surface area (Å²) in [6, 6.07) is 9.62. The first-order chi connectivity index (χ1) is 9.91. The molecule has 0 aliphatic carbocycles. The highest BCUT2D eigenvalue weighted by Gasteiger charge is 2.39. The number of aliphatic hydroxyl groups excluding tert-OH is 1. The van der Waals surface area contributed by atoms with Crippen molar-refractivity contribution < 1.29 is 15.0 Å². The molecule has 1 saturated heterocycles. The molecular formula is C17H25NO3. The van der Waals surface area contributed by atoms with E-state index in [2.05, 4.69) is 4.90 Å². The Balaban J connectivity index is 1.97. The van der Waals surface area contributed by atoms with Crippen LogP contribution in [0.25, 0.3) is 0 Å². The van der Waals surface area contributed by atoms with E-state index in [9.17, 15) is 15.0 Å². The summed E-state index contributed by atoms with van der Waals surface area (Å²) in [4.78, 5) is 13.6. The average molecular weight is 291 g/mol. The molecule has 2 N–H and O–H groups in total. The van der Waals surface area contributed by atoms with E-state index in [1.807, 2.05) is 30.3 Å². The third kappa shape index (κ3) is 3.83. The van der Waals surface area contributed by atoms with Crippen molar-refractivity contribution in [3.63, 3.8) is 0 Å². The molecule has 4 heteroatoms. The highest BCUT2D eigenvalue weighted by atomic mass is 16.4. The van der Waals surface area contributed by atoms with E-state index in [1.165, 1.54) is 0 Å². The molecule has 0 radical (unpaired) electrons. The van der Waals surface area contributed by atoms with Crippen LogP contribution in [0.15, 0.2) is 30.3 Å². The summed E-state index contributed by atoms with van der Waals surface area (Å²) in [7, 11) is 0. The van der Waals surface area contributed by atoms with Gasteiger partial charge in [0.1, 0.15) is 0 Å². The van der Waals surface area contributed by atoms with Gasteiger partial charge in [0.15, 0.2) is 0 Å². The first kappa shape index (κ1) is 16.0. The van der Waals surface area contributed by atoms with Crippen LogP contribution in [-0.2, 0) is 4.79 Å². The monoisotopic (exact) mass is 291 g/mol. The molecule has 4 nitrogen and oxygen atoms in total. The molecule has 0 aromatic heterocycles. The standard InChI is InChI=1S/C17H25NO3/c1-17(2,16(20)21)14-9-6-10-18(11-14)12-15(19)13-7-4-3-5-8-13/h3-5,7-8,14-15,19H,6,9-12H2,1-2H3,(H,20,21). The van der Waals surface area contributed by atoms with E-state index in [0.29, 0.717) is 6.54 Å². The fraction of sp³-hybridized carbons (Fsp3) is 0.588. The molecule has 1 aromatic rings. The smallest absolute Gasteiger partial charge is 0.309 e. The number of hydrogen-bond acceptors (Lipinski definition) is 3. The van der Waals surface area contributed by atoms with Gasteiger partial charge in [0.05, 0.1) is 11.5 Å². The topological polar surface area (TPSA) is 60.8 Å². The summed E-state index contributed by atoms with van der Waals surface area (Å²) in [6.07, 6.45) is 1.41. The van der Waals surface area contributed by atoms with Crippen molar-refractivity contribution in [3.05, 3.63) is 35.9 Å². The van der Waals surface area contributed by atoms with Crippen LogP contribution in [0.5, 0.6) is 0 Å². The fourth-order valence-electron chi connectivity index (χ4n) is 3.01. The fourth-order valence-corrected chi connectivity index (χ4v) is 3.01. The molecule has 116 valence electrons. The number of nitrogens with zero attached hydrogens (tertiary/aromatic N) is 1. The van der Waals surface area contributed by atoms with Gasteiger partial charge in [-0.05, 0) is 44.7 Å². The number of likely N-dealkylation sites (tertiary alicyclic amines) is 1. The zero-order valence-electron chi connectivity index (χ0n) is 12.8. The molecule has 0 amide bonds. The number of β-amino-alcohol motifs (C(OH)–C–C–N with tert-alkyl or cyclic N) is 1. The normalized spacial score (nSPS) is 22.0. The summed E-state index contributed by atoms with van der Waals surface area (Å²) in [5.74, 6) is -0.607. The number of carbonyl (C=O) groups is 1. The second-order valence-corrected chi connectivity index (χ2v) is 6.55. The predicted molar refractivity (Wildman–Crippen MR) is 82.0 cm³/mol. The van der Waals surface area contributed by atoms with Crippen LogP contribution in [0.4, 0.5) is 0 Å². The molecule has 1 fully saturated rings. The van der Waals surface area contributed by atoms with E-state index >= 15 is 0 Å². The third-order valence-corrected chi connectivity index (χ3v) is 4.69. The van der Waals surface area contributed by atoms with Gasteiger partial charge in [0.2, 0.25) is 0 Å². The Bertz CT molecular complexity index is 472. The quantitative estimate of drug-likeness (QED) is 0.875. The second kappa shape index (κ2) is 6.58. The Morgan fingerprint density at radius 3 is 2.67 bits per heavy atom. The lowest BCUT2D eigenvalue weighted by atomic mass is 9.74. The lowest BCUT2D eigenvalue weighted by molar-refractivity contribution is -0.151. The SMILES string of the molecule is CC(C)(C(=O)O)C1CCCN(CC(O)c2ccccc2)C1. The maximum Gasteiger partial charge on any atom is 0.309 e. The Morgan fingerprint density at radius 2 is 2.05 bits per heavy atom. The van der Waals surface area contributed by atoms with Crippen molar-refractivity contribution in [2.75, 3.05) is 19.6 Å². The summed E-state index contributed by atoms with van der Waals surface area (Å²) in [5, 5.41) is 19.7. The van der Waals surface area contributed by atoms with Gasteiger partial charge in [-0.25, -0.2) is 0 Å². The van der Waals surface area contributed by atoms with Crippen LogP contribution in [0, 0.1) is 11.3 Å². The zero-order chi connectivity index (χ0) is 15.5. The summed E-state index contributed by atoms with van der Waals surface area (Å²) in [5.41, 5.74) is 0.202. The Kier molecular flexibility index (Phi) is 5.01. The molecule has 0 bridgehead atoms. The van der Waals surface area contributed by atoms with Crippen molar-refractivity contribution in [1.29, 1.82) is 0 Å². The van der Waals surface area contributed by atoms with Crippen molar-refractivity contribution in [2.45, 2.75) is 32.8 Å². The van der Waals surface area contributed by atoms with Crippen molar-refractivity contribution in [1.82, 2.24) is 4.90 Å². The molecule has 1 aromatic carbocycles. The number of piperidine rings is 1. The van der Waals surface area contributed by atoms with E-state index in [4.69, 9.17) is 0 Å². The maximum atomic E-state index is 11.4. The number of aliphatic carboxylic acids is 1. The maximum absolute atomic E-state index is 11.4. The number of carboxylic acid groups (broad SMARTS) is 1. The van der Waals surface area contributed by atoms with E-state index in [-0.39, 0.29) is 5.92 Å². The Morgan fingerprint density at radius 1 is 1.38 bits per heavy atom. The highest BCUT2D eigenvalue weighted by Crippen LogP contribution is 2.34. The van der Waals surface area contributed by atoms with Crippen LogP contribution in [0.1, 0.15) is 38.4 Å². The van der Waals surface area contributed by atoms with Crippen molar-refractivity contribution >= 4 is 5.97 Å². The Labute approximate surface area is 126 Å². The lowest BCUT2D eigenvalue weighted by Crippen LogP contribution is -2.45. The molecule has 2 unspecified atom stereocenters. The number of carboxylic acids is 1. The minimum Gasteiger partial charge on any atom is -0.481 e. The number of aliphatic hydroxyl groups is 1. The van der Waals surface area contributed by atoms with Crippen LogP contribution in [0.3, 0.4) is 0 Å². The third-order valence-electron chi connectivity index (χ3n) is 4.69. The number of rotatable bonds is 5. The van der Waals surface area contributed by atoms with Gasteiger partial charge in [0.25, 0.3) is 0 Å². The van der Waals surface area contributed by atoms with Gasteiger partial charge in [0, 0.05) is 13.1 Å². The molecule has 0 saturated carbocycles. The van der Waals surface area contributed by atoms with Gasteiger partial charge in [-0.3, -0.25) is 4.79 Å². The van der Waals surface area contributed by atoms with Crippen LogP contribution < -0.4 is 0 Å². The Hall–Kier alpha value is -1.39. The van der Waals surface area contributed by atoms with Crippen LogP contribution >= 0.6 is 0 Å². The average Bonchev–Trinajstić information content (AvgIpc) is 2.48. The molecule has 2 atom stereocenters. The highest BCUT2D eigenvalue weighted by molar-refractivity contribution is 5.74. The van der Waals surface area contributed by atoms with Gasteiger partial charge in [-0.2, -0.15) is 0 Å². The minimum atomic E-state index is -0.738. The summed E-state index contributed by atoms with van der Waals surface area (Å²) < 4.78 is 0. The number of hydrogen-bond donors (Lipinski definition) is 2. The first-order valence-electron chi connectivity index (χ1n) is 7.60. The van der Waals surface area contributed by atoms with Crippen LogP contribution in [-0.4, -0.2) is 40.7 Å². The molecule has 1 heterocycles. The first-order valence-corrected chi connectivity index (χ1v) is 7.60. The minimum absolute atomic E-state index is 0.131. The second-order valence-electron chi connectivity index (χ2n) is 6.55. The molecule has 2 rings (SSSR count). The van der Waals surface area contributed by atoms with E-state index in [0.717, 1.165) is 31.5 Å². The van der Waals surface area contributed by atoms with Gasteiger partial charge in [-0.1, -0.05) is 30.3 Å². The number of benzene rings is 1. The van der Waals surface area contributed by atoms with Gasteiger partial charge < -0.3 is 15.1 Å². The van der Waals surface area contributed by atoms with Crippen molar-refractivity contribution in [2.24, 2.45) is 11.3 Å². The largest absolute Gasteiger partial charge is 0.481 e. The molecular weight excluding hydrogens is 266 g/mol. The summed E-state index contributed by atoms with van der Waals surface area (Å²) in [6.45, 7) is 5.84. The van der Waals surface area contributed by atoms with E-state index < -0.39 is 17.5 Å². The van der Waals surface area contributed by atoms with Gasteiger partial charge in [-0.15, -0.1) is 0 Å². The molecule has 21 heavy (non-hydrogen) atoms. The van der Waals surface area contributed by atoms with Gasteiger partial charge >= 0.3 is 5.97 Å². The summed E-state index contributed by atoms with van der Waals surface area (Å²) >= 11 is 0.